The van der Waals surface area contributed by atoms with Crippen LogP contribution in [0, 0.1) is 6.92 Å². The molecule has 0 amide bonds. The molecule has 0 saturated heterocycles. The van der Waals surface area contributed by atoms with Gasteiger partial charge in [-0.1, -0.05) is 29.8 Å². The van der Waals surface area contributed by atoms with Crippen LogP contribution >= 0.6 is 11.8 Å². The van der Waals surface area contributed by atoms with Gasteiger partial charge in [-0.25, -0.2) is 4.98 Å². The van der Waals surface area contributed by atoms with Crippen LogP contribution in [0.5, 0.6) is 0 Å². The summed E-state index contributed by atoms with van der Waals surface area (Å²) in [5, 5.41) is 9.46. The number of aryl methyl sites for hydroxylation is 1. The molecular formula is C20H25N4OS+. The molecule has 6 heteroatoms. The Hall–Kier alpha value is -2.02. The van der Waals surface area contributed by atoms with Crippen molar-refractivity contribution in [3.8, 4) is 0 Å². The fraction of sp³-hybridized carbons (Fsp3) is 0.350. The van der Waals surface area contributed by atoms with Gasteiger partial charge in [0.15, 0.2) is 13.3 Å². The van der Waals surface area contributed by atoms with Crippen LogP contribution in [0.25, 0.3) is 11.0 Å². The molecule has 1 aromatic heterocycles. The van der Waals surface area contributed by atoms with E-state index in [1.54, 1.807) is 0 Å². The Labute approximate surface area is 158 Å². The van der Waals surface area contributed by atoms with Crippen LogP contribution in [0.15, 0.2) is 53.4 Å². The maximum atomic E-state index is 9.46. The highest BCUT2D eigenvalue weighted by Crippen LogP contribution is 2.23. The molecule has 2 aromatic carbocycles. The van der Waals surface area contributed by atoms with Gasteiger partial charge in [-0.3, -0.25) is 14.4 Å². The maximum Gasteiger partial charge on any atom is 0.215 e. The third-order valence-corrected chi connectivity index (χ3v) is 5.84. The molecule has 136 valence electrons. The number of aliphatic hydroxyl groups is 1. The molecule has 0 saturated carbocycles. The predicted octanol–water partition coefficient (Wildman–Crippen LogP) is 1.75. The molecule has 0 fully saturated rings. The lowest BCUT2D eigenvalue weighted by atomic mass is 10.2. The first-order chi connectivity index (χ1) is 12.7. The van der Waals surface area contributed by atoms with E-state index in [0.29, 0.717) is 6.54 Å². The third-order valence-electron chi connectivity index (χ3n) is 4.83. The molecule has 4 rings (SSSR count). The average molecular weight is 370 g/mol. The van der Waals surface area contributed by atoms with Crippen molar-refractivity contribution in [2.75, 3.05) is 37.0 Å². The number of fused-ring (bicyclic) bond motifs is 3. The summed E-state index contributed by atoms with van der Waals surface area (Å²) in [5.41, 5.74) is 3.50. The molecule has 5 nitrogen and oxygen atoms in total. The number of rotatable bonds is 6. The Bertz CT molecular complexity index is 877. The van der Waals surface area contributed by atoms with Crippen molar-refractivity contribution in [1.82, 2.24) is 9.55 Å². The van der Waals surface area contributed by atoms with Gasteiger partial charge in [-0.05, 0) is 31.2 Å². The number of aliphatic hydroxyl groups excluding tert-OH is 1. The molecule has 2 N–H and O–H groups in total. The topological polar surface area (TPSA) is 45.7 Å². The second kappa shape index (κ2) is 7.70. The summed E-state index contributed by atoms with van der Waals surface area (Å²) in [6.45, 7) is 5.78. The molecule has 1 aliphatic rings. The summed E-state index contributed by atoms with van der Waals surface area (Å²) in [7, 11) is 0. The minimum atomic E-state index is 0.147. The molecule has 3 aromatic rings. The SMILES string of the molecule is Cc1ccc(SCC[NH+]2CN(CCO)c3nc4ccccc4n3C2)cc1. The van der Waals surface area contributed by atoms with Crippen molar-refractivity contribution in [3.05, 3.63) is 54.1 Å². The third kappa shape index (κ3) is 3.58. The predicted molar refractivity (Wildman–Crippen MR) is 107 cm³/mol. The van der Waals surface area contributed by atoms with Crippen molar-refractivity contribution in [1.29, 1.82) is 0 Å². The van der Waals surface area contributed by atoms with Gasteiger partial charge in [0.25, 0.3) is 0 Å². The number of para-hydroxylation sites is 2. The Morgan fingerprint density at radius 3 is 2.73 bits per heavy atom. The van der Waals surface area contributed by atoms with Crippen molar-refractivity contribution in [2.24, 2.45) is 0 Å². The van der Waals surface area contributed by atoms with Gasteiger partial charge < -0.3 is 5.11 Å². The van der Waals surface area contributed by atoms with E-state index in [-0.39, 0.29) is 6.61 Å². The minimum Gasteiger partial charge on any atom is -0.395 e. The van der Waals surface area contributed by atoms with Gasteiger partial charge in [0, 0.05) is 17.2 Å². The number of imidazole rings is 1. The number of hydrogen-bond acceptors (Lipinski definition) is 4. The number of aromatic nitrogens is 2. The Morgan fingerprint density at radius 1 is 1.12 bits per heavy atom. The van der Waals surface area contributed by atoms with Crippen molar-refractivity contribution >= 4 is 28.7 Å². The molecule has 0 aliphatic carbocycles. The van der Waals surface area contributed by atoms with E-state index in [9.17, 15) is 5.11 Å². The standard InChI is InChI=1S/C20H24N4OS/c1-16-6-8-17(9-7-16)26-13-11-22-14-23(10-12-25)20-21-18-4-2-3-5-19(18)24(20)15-22/h2-9,25H,10-15H2,1H3/p+1. The first kappa shape index (κ1) is 17.4. The minimum absolute atomic E-state index is 0.147. The Morgan fingerprint density at radius 2 is 1.92 bits per heavy atom. The fourth-order valence-electron chi connectivity index (χ4n) is 3.48. The van der Waals surface area contributed by atoms with E-state index in [2.05, 4.69) is 58.9 Å². The van der Waals surface area contributed by atoms with Crippen molar-refractivity contribution < 1.29 is 10.0 Å². The zero-order valence-electron chi connectivity index (χ0n) is 15.1. The Balaban J connectivity index is 1.47. The van der Waals surface area contributed by atoms with Gasteiger partial charge in [-0.2, -0.15) is 0 Å². The summed E-state index contributed by atoms with van der Waals surface area (Å²) in [6, 6.07) is 17.0. The van der Waals surface area contributed by atoms with Gasteiger partial charge in [0.05, 0.1) is 24.2 Å². The van der Waals surface area contributed by atoms with Gasteiger partial charge in [0.1, 0.15) is 0 Å². The molecule has 1 aliphatic heterocycles. The largest absolute Gasteiger partial charge is 0.395 e. The van der Waals surface area contributed by atoms with Crippen LogP contribution in [0.3, 0.4) is 0 Å². The fourth-order valence-corrected chi connectivity index (χ4v) is 4.43. The van der Waals surface area contributed by atoms with E-state index in [0.717, 1.165) is 37.1 Å². The molecule has 26 heavy (non-hydrogen) atoms. The summed E-state index contributed by atoms with van der Waals surface area (Å²) in [4.78, 5) is 9.81. The number of nitrogens with zero attached hydrogens (tertiary/aromatic N) is 3. The highest BCUT2D eigenvalue weighted by Gasteiger charge is 2.27. The molecule has 0 bridgehead atoms. The Kier molecular flexibility index (Phi) is 5.15. The molecule has 0 spiro atoms. The summed E-state index contributed by atoms with van der Waals surface area (Å²) in [5.74, 6) is 2.06. The van der Waals surface area contributed by atoms with Crippen LogP contribution in [-0.4, -0.2) is 46.8 Å². The van der Waals surface area contributed by atoms with Crippen LogP contribution in [0.1, 0.15) is 5.56 Å². The van der Waals surface area contributed by atoms with Crippen molar-refractivity contribution in [2.45, 2.75) is 18.5 Å². The van der Waals surface area contributed by atoms with Crippen LogP contribution in [0.4, 0.5) is 5.95 Å². The van der Waals surface area contributed by atoms with E-state index in [1.807, 2.05) is 17.8 Å². The second-order valence-electron chi connectivity index (χ2n) is 6.79. The first-order valence-electron chi connectivity index (χ1n) is 9.09. The smallest absolute Gasteiger partial charge is 0.215 e. The number of thioether (sulfide) groups is 1. The van der Waals surface area contributed by atoms with E-state index >= 15 is 0 Å². The van der Waals surface area contributed by atoms with E-state index < -0.39 is 0 Å². The summed E-state index contributed by atoms with van der Waals surface area (Å²) >= 11 is 1.91. The van der Waals surface area contributed by atoms with E-state index in [4.69, 9.17) is 4.98 Å². The molecular weight excluding hydrogens is 344 g/mol. The molecule has 1 atom stereocenters. The number of hydrogen-bond donors (Lipinski definition) is 2. The zero-order chi connectivity index (χ0) is 17.9. The zero-order valence-corrected chi connectivity index (χ0v) is 15.9. The number of anilines is 1. The van der Waals surface area contributed by atoms with Crippen molar-refractivity contribution in [3.63, 3.8) is 0 Å². The van der Waals surface area contributed by atoms with E-state index in [1.165, 1.54) is 20.9 Å². The second-order valence-corrected chi connectivity index (χ2v) is 7.96. The summed E-state index contributed by atoms with van der Waals surface area (Å²) < 4.78 is 2.29. The lowest BCUT2D eigenvalue weighted by Gasteiger charge is -2.34. The normalized spacial score (nSPS) is 16.8. The monoisotopic (exact) mass is 369 g/mol. The maximum absolute atomic E-state index is 9.46. The highest BCUT2D eigenvalue weighted by atomic mass is 32.2. The molecule has 2 heterocycles. The van der Waals surface area contributed by atoms with Crippen LogP contribution < -0.4 is 9.80 Å². The highest BCUT2D eigenvalue weighted by molar-refractivity contribution is 7.99. The molecule has 1 unspecified atom stereocenters. The van der Waals surface area contributed by atoms with Gasteiger partial charge in [-0.15, -0.1) is 11.8 Å². The first-order valence-corrected chi connectivity index (χ1v) is 10.1. The number of nitrogens with one attached hydrogen (secondary N) is 1. The quantitative estimate of drug-likeness (QED) is 0.650. The lowest BCUT2D eigenvalue weighted by Crippen LogP contribution is -3.14. The summed E-state index contributed by atoms with van der Waals surface area (Å²) in [6.07, 6.45) is 0. The lowest BCUT2D eigenvalue weighted by molar-refractivity contribution is -0.922. The number of quaternary nitrogens is 1. The van der Waals surface area contributed by atoms with Gasteiger partial charge in [0.2, 0.25) is 5.95 Å². The number of β-amino-alcohol motifs (C(OH)–C–C–N with tert-alkyl or cyclic N) is 1. The van der Waals surface area contributed by atoms with Crippen LogP contribution in [0.2, 0.25) is 0 Å². The number of benzene rings is 2. The average Bonchev–Trinajstić information content (AvgIpc) is 3.03. The molecule has 0 radical (unpaired) electrons. The van der Waals surface area contributed by atoms with Gasteiger partial charge >= 0.3 is 0 Å². The van der Waals surface area contributed by atoms with Crippen LogP contribution in [-0.2, 0) is 6.67 Å².